The van der Waals surface area contributed by atoms with Gasteiger partial charge in [0.2, 0.25) is 11.8 Å². The maximum Gasteiger partial charge on any atom is 0.420 e. The molecule has 0 spiro atoms. The van der Waals surface area contributed by atoms with Crippen LogP contribution in [-0.4, -0.2) is 28.0 Å². The molecule has 0 unspecified atom stereocenters. The molecule has 3 heterocycles. The monoisotopic (exact) mass is 462 g/mol. The first-order valence-electron chi connectivity index (χ1n) is 9.72. The molecule has 33 heavy (non-hydrogen) atoms. The molecular formula is C21H17F3N4O5. The molecule has 12 heteroatoms. The number of carbonyl (C=O) groups excluding carboxylic acids is 2. The minimum atomic E-state index is -3.07. The summed E-state index contributed by atoms with van der Waals surface area (Å²) in [6.45, 7) is -1.58. The molecular weight excluding hydrogens is 445 g/mol. The number of halogens is 3. The Hall–Kier alpha value is -4.09. The number of oxazole rings is 1. The first-order chi connectivity index (χ1) is 15.6. The number of ether oxygens (including phenoxy) is 1. The molecule has 3 N–H and O–H groups in total. The average molecular weight is 462 g/mol. The molecule has 9 nitrogen and oxygen atoms in total. The summed E-state index contributed by atoms with van der Waals surface area (Å²) in [7, 11) is 0. The Morgan fingerprint density at radius 2 is 2.03 bits per heavy atom. The fourth-order valence-corrected chi connectivity index (χ4v) is 3.59. The van der Waals surface area contributed by atoms with Crippen molar-refractivity contribution >= 4 is 17.6 Å². The summed E-state index contributed by atoms with van der Waals surface area (Å²) in [5, 5.41) is 2.14. The number of piperidine rings is 1. The van der Waals surface area contributed by atoms with E-state index in [9.17, 15) is 27.6 Å². The molecule has 0 bridgehead atoms. The lowest BCUT2D eigenvalue weighted by atomic mass is 10.0. The summed E-state index contributed by atoms with van der Waals surface area (Å²) in [5.74, 6) is -3.37. The lowest BCUT2D eigenvalue weighted by molar-refractivity contribution is -0.135. The van der Waals surface area contributed by atoms with Gasteiger partial charge in [0, 0.05) is 12.0 Å². The van der Waals surface area contributed by atoms with Crippen molar-refractivity contribution in [2.45, 2.75) is 32.4 Å². The molecule has 1 fully saturated rings. The van der Waals surface area contributed by atoms with E-state index >= 15 is 0 Å². The molecule has 172 valence electrons. The second kappa shape index (κ2) is 8.45. The van der Waals surface area contributed by atoms with Gasteiger partial charge in [-0.05, 0) is 37.1 Å². The van der Waals surface area contributed by atoms with Gasteiger partial charge < -0.3 is 14.9 Å². The minimum absolute atomic E-state index is 0.0516. The van der Waals surface area contributed by atoms with Crippen LogP contribution in [0.15, 0.2) is 39.7 Å². The number of anilines is 1. The van der Waals surface area contributed by atoms with Crippen LogP contribution < -0.4 is 21.5 Å². The SMILES string of the molecule is Cc1cc(-c2ccc(-c3cn([C@@H]4CCC(=O)NC4=O)c(=O)o3)c(F)c2)nc(N)c1OC(F)F. The van der Waals surface area contributed by atoms with Gasteiger partial charge in [0.15, 0.2) is 17.3 Å². The Labute approximate surface area is 184 Å². The zero-order valence-electron chi connectivity index (χ0n) is 17.1. The van der Waals surface area contributed by atoms with Gasteiger partial charge in [-0.1, -0.05) is 6.07 Å². The topological polar surface area (TPSA) is 129 Å². The van der Waals surface area contributed by atoms with E-state index < -0.39 is 36.0 Å². The number of alkyl halides is 2. The van der Waals surface area contributed by atoms with Crippen molar-refractivity contribution in [2.24, 2.45) is 0 Å². The highest BCUT2D eigenvalue weighted by Crippen LogP contribution is 2.33. The van der Waals surface area contributed by atoms with Crippen LogP contribution in [0.4, 0.5) is 19.0 Å². The Kier molecular flexibility index (Phi) is 5.66. The smallest absolute Gasteiger partial charge is 0.420 e. The summed E-state index contributed by atoms with van der Waals surface area (Å²) >= 11 is 0. The third kappa shape index (κ3) is 4.31. The second-order valence-electron chi connectivity index (χ2n) is 7.35. The van der Waals surface area contributed by atoms with Gasteiger partial charge in [-0.25, -0.2) is 14.2 Å². The fourth-order valence-electron chi connectivity index (χ4n) is 3.59. The molecule has 2 amide bonds. The zero-order valence-corrected chi connectivity index (χ0v) is 17.1. The summed E-state index contributed by atoms with van der Waals surface area (Å²) in [5.41, 5.74) is 6.46. The highest BCUT2D eigenvalue weighted by molar-refractivity contribution is 5.99. The molecule has 1 saturated heterocycles. The van der Waals surface area contributed by atoms with E-state index in [-0.39, 0.29) is 47.0 Å². The zero-order chi connectivity index (χ0) is 23.9. The first-order valence-corrected chi connectivity index (χ1v) is 9.72. The van der Waals surface area contributed by atoms with E-state index in [1.165, 1.54) is 31.3 Å². The molecule has 1 aliphatic heterocycles. The van der Waals surface area contributed by atoms with Crippen LogP contribution >= 0.6 is 0 Å². The van der Waals surface area contributed by atoms with E-state index in [1.54, 1.807) is 0 Å². The van der Waals surface area contributed by atoms with Crippen LogP contribution in [0.1, 0.15) is 24.4 Å². The Morgan fingerprint density at radius 3 is 2.67 bits per heavy atom. The summed E-state index contributed by atoms with van der Waals surface area (Å²) < 4.78 is 50.5. The number of hydrogen-bond donors (Lipinski definition) is 2. The number of hydrogen-bond acceptors (Lipinski definition) is 7. The standard InChI is InChI=1S/C21H17F3N4O5/c1-9-6-13(26-18(25)17(9)33-20(23)24)10-2-3-11(12(22)7-10)15-8-28(21(31)32-15)14-4-5-16(29)27-19(14)30/h2-3,6-8,14,20H,4-5H2,1H3,(H2,25,26)(H,27,29,30)/t14-/m1/s1. The summed E-state index contributed by atoms with van der Waals surface area (Å²) in [4.78, 5) is 39.6. The largest absolute Gasteiger partial charge is 0.431 e. The number of nitrogen functional groups attached to an aromatic ring is 1. The van der Waals surface area contributed by atoms with Crippen molar-refractivity contribution in [3.8, 4) is 28.3 Å². The van der Waals surface area contributed by atoms with Crippen LogP contribution in [0.2, 0.25) is 0 Å². The molecule has 0 saturated carbocycles. The highest BCUT2D eigenvalue weighted by atomic mass is 19.3. The van der Waals surface area contributed by atoms with Crippen LogP contribution in [0.3, 0.4) is 0 Å². The Morgan fingerprint density at radius 1 is 1.27 bits per heavy atom. The van der Waals surface area contributed by atoms with Crippen molar-refractivity contribution < 1.29 is 31.9 Å². The van der Waals surface area contributed by atoms with Crippen LogP contribution in [0.25, 0.3) is 22.6 Å². The number of amides is 2. The number of nitrogens with zero attached hydrogens (tertiary/aromatic N) is 2. The Bertz CT molecular complexity index is 1290. The van der Waals surface area contributed by atoms with Crippen LogP contribution in [0.5, 0.6) is 5.75 Å². The number of aryl methyl sites for hydroxylation is 1. The molecule has 0 aliphatic carbocycles. The molecule has 3 aromatic rings. The number of imide groups is 1. The maximum atomic E-state index is 14.9. The summed E-state index contributed by atoms with van der Waals surface area (Å²) in [6, 6.07) is 4.42. The molecule has 1 atom stereocenters. The van der Waals surface area contributed by atoms with E-state index in [0.717, 1.165) is 10.6 Å². The maximum absolute atomic E-state index is 14.9. The van der Waals surface area contributed by atoms with Gasteiger partial charge in [-0.3, -0.25) is 19.5 Å². The fraction of sp³-hybridized carbons (Fsp3) is 0.238. The van der Waals surface area contributed by atoms with Crippen molar-refractivity contribution in [1.29, 1.82) is 0 Å². The number of carbonyl (C=O) groups is 2. The van der Waals surface area contributed by atoms with E-state index in [0.29, 0.717) is 5.56 Å². The van der Waals surface area contributed by atoms with E-state index in [4.69, 9.17) is 10.2 Å². The third-order valence-electron chi connectivity index (χ3n) is 5.13. The second-order valence-corrected chi connectivity index (χ2v) is 7.35. The predicted octanol–water partition coefficient (Wildman–Crippen LogP) is 2.78. The lowest BCUT2D eigenvalue weighted by Gasteiger charge is -2.20. The van der Waals surface area contributed by atoms with Crippen molar-refractivity contribution in [3.63, 3.8) is 0 Å². The lowest BCUT2D eigenvalue weighted by Crippen LogP contribution is -2.43. The number of rotatable bonds is 5. The van der Waals surface area contributed by atoms with Gasteiger partial charge in [-0.15, -0.1) is 0 Å². The molecule has 2 aromatic heterocycles. The predicted molar refractivity (Wildman–Crippen MR) is 109 cm³/mol. The van der Waals surface area contributed by atoms with Gasteiger partial charge >= 0.3 is 12.4 Å². The average Bonchev–Trinajstić information content (AvgIpc) is 3.11. The number of benzene rings is 1. The number of pyridine rings is 1. The number of nitrogens with one attached hydrogen (secondary N) is 1. The minimum Gasteiger partial charge on any atom is -0.431 e. The quantitative estimate of drug-likeness (QED) is 0.558. The molecule has 1 aliphatic rings. The number of aromatic nitrogens is 2. The van der Waals surface area contributed by atoms with E-state index in [2.05, 4.69) is 15.0 Å². The first kappa shape index (κ1) is 22.1. The van der Waals surface area contributed by atoms with Crippen molar-refractivity contribution in [2.75, 3.05) is 5.73 Å². The molecule has 0 radical (unpaired) electrons. The van der Waals surface area contributed by atoms with Gasteiger partial charge in [0.25, 0.3) is 0 Å². The summed E-state index contributed by atoms with van der Waals surface area (Å²) in [6.07, 6.45) is 1.38. The van der Waals surface area contributed by atoms with E-state index in [1.807, 2.05) is 0 Å². The Balaban J connectivity index is 1.65. The molecule has 1 aromatic carbocycles. The van der Waals surface area contributed by atoms with Crippen LogP contribution in [-0.2, 0) is 9.59 Å². The highest BCUT2D eigenvalue weighted by Gasteiger charge is 2.30. The van der Waals surface area contributed by atoms with Gasteiger partial charge in [0.05, 0.1) is 17.5 Å². The third-order valence-corrected chi connectivity index (χ3v) is 5.13. The molecule has 4 rings (SSSR count). The van der Waals surface area contributed by atoms with Crippen molar-refractivity contribution in [1.82, 2.24) is 14.9 Å². The van der Waals surface area contributed by atoms with Crippen LogP contribution in [0, 0.1) is 12.7 Å². The normalized spacial score (nSPS) is 16.2. The van der Waals surface area contributed by atoms with Crippen molar-refractivity contribution in [3.05, 3.63) is 52.4 Å². The number of nitrogens with two attached hydrogens (primary N) is 1. The van der Waals surface area contributed by atoms with Gasteiger partial charge in [0.1, 0.15) is 11.9 Å². The van der Waals surface area contributed by atoms with Gasteiger partial charge in [-0.2, -0.15) is 8.78 Å².